The average molecular weight is 596 g/mol. The van der Waals surface area contributed by atoms with E-state index in [1.54, 1.807) is 0 Å². The van der Waals surface area contributed by atoms with Gasteiger partial charge in [0.1, 0.15) is 11.7 Å². The van der Waals surface area contributed by atoms with Crippen molar-refractivity contribution in [2.45, 2.75) is 95.0 Å². The van der Waals surface area contributed by atoms with Crippen LogP contribution in [0, 0.1) is 23.2 Å². The molecule has 2 aliphatic heterocycles. The van der Waals surface area contributed by atoms with Gasteiger partial charge in [-0.25, -0.2) is 0 Å². The largest absolute Gasteiger partial charge is 0.504 e. The van der Waals surface area contributed by atoms with Crippen LogP contribution in [0.4, 0.5) is 0 Å². The number of halogens is 1. The number of ether oxygens (including phenoxy) is 2. The maximum absolute atomic E-state index is 12.3. The first-order chi connectivity index (χ1) is 16.5. The second-order valence-corrected chi connectivity index (χ2v) is 14.4. The summed E-state index contributed by atoms with van der Waals surface area (Å²) >= 11 is 2.45. The summed E-state index contributed by atoms with van der Waals surface area (Å²) in [6.45, 7) is 10.8. The summed E-state index contributed by atoms with van der Waals surface area (Å²) < 4.78 is 14.5. The number of methoxy groups -OCH3 is 1. The number of phenolic OH excluding ortho intramolecular Hbond substituents is 1. The van der Waals surface area contributed by atoms with Gasteiger partial charge in [-0.15, -0.1) is 0 Å². The highest BCUT2D eigenvalue weighted by atomic mass is 127. The highest BCUT2D eigenvalue weighted by Gasteiger charge is 2.74. The van der Waals surface area contributed by atoms with Gasteiger partial charge >= 0.3 is 0 Å². The van der Waals surface area contributed by atoms with Crippen molar-refractivity contribution < 1.29 is 19.7 Å². The Kier molecular flexibility index (Phi) is 5.63. The summed E-state index contributed by atoms with van der Waals surface area (Å²) in [5.74, 6) is 2.11. The van der Waals surface area contributed by atoms with Crippen molar-refractivity contribution in [3.63, 3.8) is 0 Å². The molecule has 3 aliphatic carbocycles. The Morgan fingerprint density at radius 1 is 1.23 bits per heavy atom. The summed E-state index contributed by atoms with van der Waals surface area (Å²) in [6.07, 6.45) is 6.31. The third-order valence-electron chi connectivity index (χ3n) is 11.0. The fourth-order valence-corrected chi connectivity index (χ4v) is 9.45. The molecule has 7 atom stereocenters. The van der Waals surface area contributed by atoms with Gasteiger partial charge in [0.15, 0.2) is 11.5 Å². The second-order valence-electron chi connectivity index (χ2n) is 13.3. The molecule has 5 nitrogen and oxygen atoms in total. The lowest BCUT2D eigenvalue weighted by Gasteiger charge is -2.66. The van der Waals surface area contributed by atoms with Gasteiger partial charge < -0.3 is 19.7 Å². The first-order valence-electron chi connectivity index (χ1n) is 13.6. The van der Waals surface area contributed by atoms with E-state index < -0.39 is 11.2 Å². The summed E-state index contributed by atoms with van der Waals surface area (Å²) in [4.78, 5) is 2.78. The number of phenols is 1. The number of rotatable bonds is 6. The van der Waals surface area contributed by atoms with Gasteiger partial charge in [0.2, 0.25) is 0 Å². The van der Waals surface area contributed by atoms with Gasteiger partial charge in [0.25, 0.3) is 0 Å². The van der Waals surface area contributed by atoms with Crippen LogP contribution in [0.3, 0.4) is 0 Å². The Labute approximate surface area is 224 Å². The summed E-state index contributed by atoms with van der Waals surface area (Å²) in [5, 5.41) is 23.3. The number of aliphatic hydroxyl groups is 1. The van der Waals surface area contributed by atoms with Crippen molar-refractivity contribution in [3.8, 4) is 11.5 Å². The highest BCUT2D eigenvalue weighted by molar-refractivity contribution is 14.1. The Hall–Kier alpha value is -0.570. The molecule has 1 aromatic rings. The van der Waals surface area contributed by atoms with E-state index in [1.165, 1.54) is 30.5 Å². The number of likely N-dealkylation sites (tertiary alicyclic amines) is 1. The van der Waals surface area contributed by atoms with Gasteiger partial charge in [0.05, 0.1) is 5.60 Å². The van der Waals surface area contributed by atoms with Crippen molar-refractivity contribution >= 4 is 22.6 Å². The van der Waals surface area contributed by atoms with E-state index in [0.717, 1.165) is 42.6 Å². The second kappa shape index (κ2) is 7.97. The smallest absolute Gasteiger partial charge is 0.165 e. The van der Waals surface area contributed by atoms with E-state index >= 15 is 0 Å². The highest BCUT2D eigenvalue weighted by Crippen LogP contribution is 2.69. The molecule has 3 fully saturated rings. The predicted molar refractivity (Wildman–Crippen MR) is 146 cm³/mol. The average Bonchev–Trinajstić information content (AvgIpc) is 3.54. The number of alkyl halides is 1. The molecule has 6 heteroatoms. The predicted octanol–water partition coefficient (Wildman–Crippen LogP) is 5.07. The van der Waals surface area contributed by atoms with E-state index in [0.29, 0.717) is 17.7 Å². The standard InChI is InChI=1S/C29H42INO4/c1-26(2,3)27(4,33)22-15-19-20-14-18-8-9-21(32)24-23(18)28(19,11-13-31(20)16-17-6-7-17)25(35-24)29(22,34-5)10-12-30/h8-9,17,19-20,22,25,32-33H,6-7,10-16H2,1-5H3/t19?,20?,22?,25-,27?,28+,29-/m1/s1. The fourth-order valence-electron chi connectivity index (χ4n) is 8.61. The lowest BCUT2D eigenvalue weighted by atomic mass is 9.44. The maximum atomic E-state index is 12.3. The van der Waals surface area contributed by atoms with Gasteiger partial charge in [-0.1, -0.05) is 49.4 Å². The summed E-state index contributed by atoms with van der Waals surface area (Å²) in [7, 11) is 1.82. The number of piperidine rings is 1. The van der Waals surface area contributed by atoms with Crippen LogP contribution in [0.1, 0.15) is 70.9 Å². The van der Waals surface area contributed by atoms with Crippen molar-refractivity contribution in [1.29, 1.82) is 0 Å². The number of aromatic hydroxyl groups is 1. The van der Waals surface area contributed by atoms with E-state index in [9.17, 15) is 10.2 Å². The minimum absolute atomic E-state index is 0.0701. The third-order valence-corrected chi connectivity index (χ3v) is 11.5. The Morgan fingerprint density at radius 2 is 1.97 bits per heavy atom. The summed E-state index contributed by atoms with van der Waals surface area (Å²) in [6, 6.07) is 4.43. The maximum Gasteiger partial charge on any atom is 0.165 e. The molecular formula is C29H42INO4. The van der Waals surface area contributed by atoms with Crippen LogP contribution in [0.5, 0.6) is 11.5 Å². The quantitative estimate of drug-likeness (QED) is 0.355. The molecule has 1 spiro atoms. The normalized spacial score (nSPS) is 39.6. The number of nitrogens with zero attached hydrogens (tertiary/aromatic N) is 1. The summed E-state index contributed by atoms with van der Waals surface area (Å²) in [5.41, 5.74) is 0.567. The molecule has 2 N–H and O–H groups in total. The van der Waals surface area contributed by atoms with Crippen LogP contribution in [0.15, 0.2) is 12.1 Å². The number of hydrogen-bond donors (Lipinski definition) is 2. The zero-order chi connectivity index (χ0) is 25.0. The molecule has 4 unspecified atom stereocenters. The molecule has 2 heterocycles. The lowest BCUT2D eigenvalue weighted by molar-refractivity contribution is -0.257. The van der Waals surface area contributed by atoms with Gasteiger partial charge in [0, 0.05) is 41.0 Å². The monoisotopic (exact) mass is 595 g/mol. The fraction of sp³-hybridized carbons (Fsp3) is 0.793. The SMILES string of the molecule is CO[C@]1(CCI)C(C(C)(O)C(C)(C)C)CC2C3Cc4ccc(O)c5c4[C@@]2(CCN3CC2CC2)[C@H]1O5. The molecule has 1 saturated heterocycles. The molecular weight excluding hydrogens is 553 g/mol. The number of hydrogen-bond acceptors (Lipinski definition) is 5. The molecule has 35 heavy (non-hydrogen) atoms. The Morgan fingerprint density at radius 3 is 2.60 bits per heavy atom. The third kappa shape index (κ3) is 3.21. The zero-order valence-corrected chi connectivity index (χ0v) is 24.1. The van der Waals surface area contributed by atoms with Gasteiger partial charge in [-0.3, -0.25) is 4.90 Å². The molecule has 1 aromatic carbocycles. The molecule has 2 saturated carbocycles. The first kappa shape index (κ1) is 24.7. The lowest BCUT2D eigenvalue weighted by Crippen LogP contribution is -2.76. The van der Waals surface area contributed by atoms with E-state index in [-0.39, 0.29) is 28.6 Å². The van der Waals surface area contributed by atoms with Crippen LogP contribution >= 0.6 is 22.6 Å². The van der Waals surface area contributed by atoms with Crippen LogP contribution in [-0.4, -0.2) is 63.1 Å². The topological polar surface area (TPSA) is 62.2 Å². The Balaban J connectivity index is 1.56. The van der Waals surface area contributed by atoms with Crippen LogP contribution in [-0.2, 0) is 16.6 Å². The first-order valence-corrected chi connectivity index (χ1v) is 15.1. The molecule has 5 aliphatic rings. The van der Waals surface area contributed by atoms with E-state index in [4.69, 9.17) is 9.47 Å². The van der Waals surface area contributed by atoms with Crippen LogP contribution in [0.25, 0.3) is 0 Å². The minimum Gasteiger partial charge on any atom is -0.504 e. The van der Waals surface area contributed by atoms with Crippen molar-refractivity contribution in [3.05, 3.63) is 23.3 Å². The molecule has 0 amide bonds. The molecule has 6 rings (SSSR count). The molecule has 0 radical (unpaired) electrons. The molecule has 2 bridgehead atoms. The van der Waals surface area contributed by atoms with Crippen molar-refractivity contribution in [2.75, 3.05) is 24.6 Å². The Bertz CT molecular complexity index is 1020. The van der Waals surface area contributed by atoms with Crippen molar-refractivity contribution in [1.82, 2.24) is 4.90 Å². The van der Waals surface area contributed by atoms with Crippen molar-refractivity contribution in [2.24, 2.45) is 23.2 Å². The van der Waals surface area contributed by atoms with E-state index in [1.807, 2.05) is 20.1 Å². The van der Waals surface area contributed by atoms with E-state index in [2.05, 4.69) is 54.3 Å². The van der Waals surface area contributed by atoms with Gasteiger partial charge in [-0.05, 0) is 80.9 Å². The molecule has 194 valence electrons. The minimum atomic E-state index is -0.938. The van der Waals surface area contributed by atoms with Crippen LogP contribution < -0.4 is 4.74 Å². The zero-order valence-electron chi connectivity index (χ0n) is 21.9. The number of benzene rings is 1. The van der Waals surface area contributed by atoms with Crippen LogP contribution in [0.2, 0.25) is 0 Å². The van der Waals surface area contributed by atoms with Gasteiger partial charge in [-0.2, -0.15) is 0 Å². The molecule has 0 aromatic heterocycles.